The van der Waals surface area contributed by atoms with Gasteiger partial charge in [-0.25, -0.2) is 8.42 Å². The minimum Gasteiger partial charge on any atom is -0.506 e. The predicted molar refractivity (Wildman–Crippen MR) is 107 cm³/mol. The number of benzene rings is 3. The summed E-state index contributed by atoms with van der Waals surface area (Å²) in [5.74, 6) is 5.74. The SMILES string of the molecule is Cc1ccc(S(=O)(=O)N(CC#Cc2ccccc2)c2ccccc2O)cc1. The van der Waals surface area contributed by atoms with Crippen LogP contribution >= 0.6 is 0 Å². The van der Waals surface area contributed by atoms with E-state index in [4.69, 9.17) is 0 Å². The van der Waals surface area contributed by atoms with Crippen molar-refractivity contribution in [1.82, 2.24) is 0 Å². The molecule has 0 bridgehead atoms. The van der Waals surface area contributed by atoms with Gasteiger partial charge in [0.15, 0.2) is 0 Å². The maximum absolute atomic E-state index is 13.2. The number of phenols is 1. The van der Waals surface area contributed by atoms with Crippen molar-refractivity contribution in [2.24, 2.45) is 0 Å². The van der Waals surface area contributed by atoms with Crippen LogP contribution in [-0.2, 0) is 10.0 Å². The standard InChI is InChI=1S/C22H19NO3S/c1-18-13-15-20(16-14-18)27(25,26)23(21-11-5-6-12-22(21)24)17-7-10-19-8-3-2-4-9-19/h2-6,8-9,11-16,24H,17H2,1H3. The van der Waals surface area contributed by atoms with Crippen LogP contribution in [0, 0.1) is 18.8 Å². The third-order valence-corrected chi connectivity index (χ3v) is 5.76. The largest absolute Gasteiger partial charge is 0.506 e. The summed E-state index contributed by atoms with van der Waals surface area (Å²) in [7, 11) is -3.88. The number of nitrogens with zero attached hydrogens (tertiary/aromatic N) is 1. The van der Waals surface area contributed by atoms with Gasteiger partial charge in [-0.2, -0.15) is 0 Å². The van der Waals surface area contributed by atoms with Gasteiger partial charge in [0, 0.05) is 5.56 Å². The van der Waals surface area contributed by atoms with E-state index in [2.05, 4.69) is 11.8 Å². The number of hydrogen-bond acceptors (Lipinski definition) is 3. The van der Waals surface area contributed by atoms with E-state index in [9.17, 15) is 13.5 Å². The molecule has 0 aliphatic rings. The molecule has 0 saturated carbocycles. The Morgan fingerprint density at radius 3 is 2.19 bits per heavy atom. The summed E-state index contributed by atoms with van der Waals surface area (Å²) in [4.78, 5) is 0.151. The highest BCUT2D eigenvalue weighted by atomic mass is 32.2. The highest BCUT2D eigenvalue weighted by molar-refractivity contribution is 7.92. The summed E-state index contributed by atoms with van der Waals surface area (Å²) >= 11 is 0. The van der Waals surface area contributed by atoms with Crippen molar-refractivity contribution < 1.29 is 13.5 Å². The highest BCUT2D eigenvalue weighted by Crippen LogP contribution is 2.31. The number of aryl methyl sites for hydroxylation is 1. The second-order valence-corrected chi connectivity index (χ2v) is 7.84. The molecule has 0 aliphatic carbocycles. The monoisotopic (exact) mass is 377 g/mol. The number of aromatic hydroxyl groups is 1. The zero-order valence-corrected chi connectivity index (χ0v) is 15.6. The molecule has 4 nitrogen and oxygen atoms in total. The zero-order valence-electron chi connectivity index (χ0n) is 14.8. The van der Waals surface area contributed by atoms with Crippen molar-refractivity contribution in [3.63, 3.8) is 0 Å². The first-order valence-electron chi connectivity index (χ1n) is 8.40. The molecule has 3 aromatic carbocycles. The molecule has 27 heavy (non-hydrogen) atoms. The molecular formula is C22H19NO3S. The predicted octanol–water partition coefficient (Wildman–Crippen LogP) is 3.95. The van der Waals surface area contributed by atoms with Gasteiger partial charge < -0.3 is 5.11 Å². The minimum absolute atomic E-state index is 0.0807. The minimum atomic E-state index is -3.88. The Bertz CT molecular complexity index is 1080. The summed E-state index contributed by atoms with van der Waals surface area (Å²) in [5.41, 5.74) is 1.95. The molecule has 0 saturated heterocycles. The molecule has 0 amide bonds. The Balaban J connectivity index is 2.01. The van der Waals surface area contributed by atoms with Crippen molar-refractivity contribution in [3.05, 3.63) is 90.0 Å². The van der Waals surface area contributed by atoms with E-state index in [1.54, 1.807) is 42.5 Å². The van der Waals surface area contributed by atoms with Crippen molar-refractivity contribution in [3.8, 4) is 17.6 Å². The molecule has 0 aliphatic heterocycles. The Hall–Kier alpha value is -3.23. The smallest absolute Gasteiger partial charge is 0.265 e. The van der Waals surface area contributed by atoms with Gasteiger partial charge in [-0.1, -0.05) is 59.9 Å². The maximum Gasteiger partial charge on any atom is 0.265 e. The van der Waals surface area contributed by atoms with E-state index in [0.29, 0.717) is 0 Å². The quantitative estimate of drug-likeness (QED) is 0.701. The van der Waals surface area contributed by atoms with Gasteiger partial charge in [0.05, 0.1) is 17.1 Å². The lowest BCUT2D eigenvalue weighted by Gasteiger charge is -2.23. The lowest BCUT2D eigenvalue weighted by Crippen LogP contribution is -2.31. The molecule has 5 heteroatoms. The summed E-state index contributed by atoms with van der Waals surface area (Å²) in [6.45, 7) is 1.81. The second-order valence-electron chi connectivity index (χ2n) is 5.98. The average Bonchev–Trinajstić information content (AvgIpc) is 2.67. The Kier molecular flexibility index (Phi) is 5.49. The van der Waals surface area contributed by atoms with Crippen LogP contribution in [0.4, 0.5) is 5.69 Å². The number of sulfonamides is 1. The number of hydrogen-bond donors (Lipinski definition) is 1. The lowest BCUT2D eigenvalue weighted by atomic mass is 10.2. The molecule has 0 atom stereocenters. The molecule has 0 radical (unpaired) electrons. The summed E-state index contributed by atoms with van der Waals surface area (Å²) in [5, 5.41) is 10.2. The first kappa shape index (κ1) is 18.6. The summed E-state index contributed by atoms with van der Waals surface area (Å²) in [6.07, 6.45) is 0. The molecule has 3 rings (SSSR count). The van der Waals surface area contributed by atoms with Crippen molar-refractivity contribution in [2.75, 3.05) is 10.8 Å². The van der Waals surface area contributed by atoms with E-state index < -0.39 is 10.0 Å². The van der Waals surface area contributed by atoms with Crippen LogP contribution in [0.15, 0.2) is 83.8 Å². The molecule has 0 spiro atoms. The average molecular weight is 377 g/mol. The summed E-state index contributed by atoms with van der Waals surface area (Å²) < 4.78 is 27.5. The molecule has 0 unspecified atom stereocenters. The highest BCUT2D eigenvalue weighted by Gasteiger charge is 2.26. The van der Waals surface area contributed by atoms with E-state index in [1.807, 2.05) is 37.3 Å². The number of phenolic OH excluding ortho intramolecular Hbond substituents is 1. The number of rotatable bonds is 4. The van der Waals surface area contributed by atoms with Crippen LogP contribution in [0.2, 0.25) is 0 Å². The maximum atomic E-state index is 13.2. The molecule has 0 heterocycles. The second kappa shape index (κ2) is 7.98. The zero-order chi connectivity index (χ0) is 19.3. The Labute approximate surface area is 159 Å². The normalized spacial score (nSPS) is 10.7. The van der Waals surface area contributed by atoms with Crippen LogP contribution in [0.3, 0.4) is 0 Å². The van der Waals surface area contributed by atoms with Gasteiger partial charge in [0.25, 0.3) is 10.0 Å². The topological polar surface area (TPSA) is 57.6 Å². The number of anilines is 1. The van der Waals surface area contributed by atoms with E-state index in [-0.39, 0.29) is 22.9 Å². The van der Waals surface area contributed by atoms with Gasteiger partial charge in [-0.3, -0.25) is 4.31 Å². The Morgan fingerprint density at radius 2 is 1.52 bits per heavy atom. The molecule has 136 valence electrons. The first-order valence-corrected chi connectivity index (χ1v) is 9.84. The van der Waals surface area contributed by atoms with Crippen LogP contribution < -0.4 is 4.31 Å². The van der Waals surface area contributed by atoms with Crippen LogP contribution in [0.5, 0.6) is 5.75 Å². The Morgan fingerprint density at radius 1 is 0.889 bits per heavy atom. The van der Waals surface area contributed by atoms with Gasteiger partial charge >= 0.3 is 0 Å². The molecule has 3 aromatic rings. The fourth-order valence-corrected chi connectivity index (χ4v) is 3.93. The van der Waals surface area contributed by atoms with Crippen LogP contribution in [0.1, 0.15) is 11.1 Å². The van der Waals surface area contributed by atoms with Crippen LogP contribution in [-0.4, -0.2) is 20.1 Å². The van der Waals surface area contributed by atoms with E-state index in [1.165, 1.54) is 6.07 Å². The third kappa shape index (κ3) is 4.30. The molecule has 0 fully saturated rings. The third-order valence-electron chi connectivity index (χ3n) is 3.99. The van der Waals surface area contributed by atoms with E-state index >= 15 is 0 Å². The molecular weight excluding hydrogens is 358 g/mol. The molecule has 1 N–H and O–H groups in total. The first-order chi connectivity index (χ1) is 13.0. The van der Waals surface area contributed by atoms with Crippen molar-refractivity contribution >= 4 is 15.7 Å². The van der Waals surface area contributed by atoms with Gasteiger partial charge in [-0.05, 0) is 43.3 Å². The number of para-hydroxylation sites is 2. The van der Waals surface area contributed by atoms with Crippen molar-refractivity contribution in [2.45, 2.75) is 11.8 Å². The van der Waals surface area contributed by atoms with Gasteiger partial charge in [-0.15, -0.1) is 0 Å². The lowest BCUT2D eigenvalue weighted by molar-refractivity contribution is 0.475. The van der Waals surface area contributed by atoms with Crippen molar-refractivity contribution in [1.29, 1.82) is 0 Å². The van der Waals surface area contributed by atoms with Crippen LogP contribution in [0.25, 0.3) is 0 Å². The van der Waals surface area contributed by atoms with E-state index in [0.717, 1.165) is 15.4 Å². The summed E-state index contributed by atoms with van der Waals surface area (Å²) in [6, 6.07) is 22.3. The van der Waals surface area contributed by atoms with Gasteiger partial charge in [0.2, 0.25) is 0 Å². The fraction of sp³-hybridized carbons (Fsp3) is 0.0909. The fourth-order valence-electron chi connectivity index (χ4n) is 2.55. The molecule has 0 aromatic heterocycles. The van der Waals surface area contributed by atoms with Gasteiger partial charge in [0.1, 0.15) is 5.75 Å².